The lowest BCUT2D eigenvalue weighted by atomic mass is 9.88. The third kappa shape index (κ3) is 12.9. The molecule has 17 N–H and O–H groups in total. The van der Waals surface area contributed by atoms with E-state index in [1.165, 1.54) is 19.1 Å². The molecule has 30 heteroatoms. The van der Waals surface area contributed by atoms with Crippen LogP contribution >= 0.6 is 0 Å². The highest BCUT2D eigenvalue weighted by Crippen LogP contribution is 2.40. The van der Waals surface area contributed by atoms with E-state index in [2.05, 4.69) is 10.6 Å². The molecular formula is C48H70N2O28. The van der Waals surface area contributed by atoms with Crippen molar-refractivity contribution in [1.82, 2.24) is 10.6 Å². The van der Waals surface area contributed by atoms with Crippen molar-refractivity contribution in [3.8, 4) is 0 Å². The molecule has 5 aliphatic heterocycles. The van der Waals surface area contributed by atoms with E-state index in [9.17, 15) is 91.0 Å². The molecule has 0 aromatic heterocycles. The number of aliphatic hydroxyl groups excluding tert-OH is 14. The first-order valence-corrected chi connectivity index (χ1v) is 25.1. The summed E-state index contributed by atoms with van der Waals surface area (Å²) in [5, 5.41) is 171. The molecule has 1 unspecified atom stereocenters. The van der Waals surface area contributed by atoms with Crippen LogP contribution in [0.25, 0.3) is 10.8 Å². The minimum absolute atomic E-state index is 0.00538. The predicted molar refractivity (Wildman–Crippen MR) is 253 cm³/mol. The summed E-state index contributed by atoms with van der Waals surface area (Å²) in [5.74, 6) is -7.01. The Bertz CT molecular complexity index is 2310. The van der Waals surface area contributed by atoms with Crippen molar-refractivity contribution in [2.45, 2.75) is 186 Å². The second-order valence-corrected chi connectivity index (χ2v) is 19.6. The van der Waals surface area contributed by atoms with Crippen LogP contribution < -0.4 is 10.6 Å². The van der Waals surface area contributed by atoms with Crippen LogP contribution in [-0.4, -0.2) is 286 Å². The molecule has 2 aromatic carbocycles. The number of fused-ring (bicyclic) bond motifs is 1. The molecule has 0 spiro atoms. The predicted octanol–water partition coefficient (Wildman–Crippen LogP) is -7.91. The van der Waals surface area contributed by atoms with Gasteiger partial charge in [0, 0.05) is 25.5 Å². The van der Waals surface area contributed by atoms with Crippen LogP contribution in [0.1, 0.15) is 37.6 Å². The third-order valence-corrected chi connectivity index (χ3v) is 14.3. The number of aliphatic carboxylic acids is 1. The average molecular weight is 1120 g/mol. The van der Waals surface area contributed by atoms with Crippen LogP contribution in [0.3, 0.4) is 0 Å². The van der Waals surface area contributed by atoms with Gasteiger partial charge in [-0.1, -0.05) is 30.3 Å². The van der Waals surface area contributed by atoms with Crippen molar-refractivity contribution in [2.24, 2.45) is 0 Å². The summed E-state index contributed by atoms with van der Waals surface area (Å²) in [4.78, 5) is 40.0. The Morgan fingerprint density at radius 1 is 0.654 bits per heavy atom. The van der Waals surface area contributed by atoms with Gasteiger partial charge in [-0.25, -0.2) is 4.79 Å². The lowest BCUT2D eigenvalue weighted by Gasteiger charge is -2.52. The summed E-state index contributed by atoms with van der Waals surface area (Å²) in [7, 11) is 0. The maximum absolute atomic E-state index is 14.6. The molecule has 440 valence electrons. The van der Waals surface area contributed by atoms with Gasteiger partial charge >= 0.3 is 5.97 Å². The molecular weight excluding hydrogens is 1050 g/mol. The fourth-order valence-electron chi connectivity index (χ4n) is 10.1. The molecule has 78 heavy (non-hydrogen) atoms. The third-order valence-electron chi connectivity index (χ3n) is 14.3. The number of nitrogens with one attached hydrogen (secondary N) is 2. The molecule has 5 fully saturated rings. The summed E-state index contributed by atoms with van der Waals surface area (Å²) in [6.07, 6.45) is -46.2. The lowest BCUT2D eigenvalue weighted by molar-refractivity contribution is -0.396. The zero-order valence-corrected chi connectivity index (χ0v) is 42.2. The van der Waals surface area contributed by atoms with Gasteiger partial charge in [-0.05, 0) is 36.8 Å². The Balaban J connectivity index is 1.31. The number of rotatable bonds is 20. The van der Waals surface area contributed by atoms with Crippen LogP contribution in [-0.2, 0) is 57.0 Å². The van der Waals surface area contributed by atoms with Gasteiger partial charge in [-0.15, -0.1) is 0 Å². The minimum atomic E-state index is -3.22. The van der Waals surface area contributed by atoms with Crippen LogP contribution in [0, 0.1) is 0 Å². The van der Waals surface area contributed by atoms with E-state index < -0.39 is 210 Å². The summed E-state index contributed by atoms with van der Waals surface area (Å²) < 4.78 is 59.5. The SMILES string of the molecule is CCO[C@@H]1O[C@H](CO)[C@H](O)[C@H](O[C@@H]2O[C@H](CO)[C@@H](OC3O[C@H](CO)[C@H](O)[C@H](O[C@]4(C(=O)O)C[C@H](O)[C@@H](NC(C)=O)[C@@H]([C@@H](O)[C@H](O)CO)O4)[C@H]3O)[C@H](O[C@@H]3O[C@@H](C)[C@@H](O)[C@@H](O)[C@@H]3O)[C@H]2NC(=O)c2ccc3ccccc3c2)[C@H]1O. The monoisotopic (exact) mass is 1120 g/mol. The summed E-state index contributed by atoms with van der Waals surface area (Å²) >= 11 is 0. The van der Waals surface area contributed by atoms with Crippen molar-refractivity contribution in [3.05, 3.63) is 48.0 Å². The molecule has 0 bridgehead atoms. The Morgan fingerprint density at radius 3 is 1.85 bits per heavy atom. The first kappa shape index (κ1) is 61.8. The number of hydrogen-bond donors (Lipinski definition) is 17. The minimum Gasteiger partial charge on any atom is -0.477 e. The second-order valence-electron chi connectivity index (χ2n) is 19.6. The van der Waals surface area contributed by atoms with Crippen molar-refractivity contribution in [1.29, 1.82) is 0 Å². The number of benzene rings is 2. The van der Waals surface area contributed by atoms with Crippen molar-refractivity contribution in [2.75, 3.05) is 33.0 Å². The number of hydrogen-bond acceptors (Lipinski definition) is 27. The second kappa shape index (κ2) is 26.4. The largest absolute Gasteiger partial charge is 0.477 e. The molecule has 30 nitrogen and oxygen atoms in total. The van der Waals surface area contributed by atoms with E-state index >= 15 is 0 Å². The van der Waals surface area contributed by atoms with Crippen LogP contribution in [0.2, 0.25) is 0 Å². The number of carbonyl (C=O) groups excluding carboxylic acids is 2. The smallest absolute Gasteiger partial charge is 0.364 e. The number of carboxylic acid groups (broad SMARTS) is 1. The van der Waals surface area contributed by atoms with E-state index in [4.69, 9.17) is 47.4 Å². The van der Waals surface area contributed by atoms with Crippen LogP contribution in [0.15, 0.2) is 42.5 Å². The van der Waals surface area contributed by atoms with Crippen molar-refractivity contribution in [3.63, 3.8) is 0 Å². The van der Waals surface area contributed by atoms with Crippen LogP contribution in [0.4, 0.5) is 0 Å². The van der Waals surface area contributed by atoms with Gasteiger partial charge in [-0.3, -0.25) is 9.59 Å². The quantitative estimate of drug-likeness (QED) is 0.0585. The maximum Gasteiger partial charge on any atom is 0.364 e. The Morgan fingerprint density at radius 2 is 1.23 bits per heavy atom. The number of ether oxygens (including phenoxy) is 10. The molecule has 0 radical (unpaired) electrons. The normalized spacial score (nSPS) is 42.1. The first-order valence-electron chi connectivity index (χ1n) is 25.1. The van der Waals surface area contributed by atoms with Gasteiger partial charge in [0.1, 0.15) is 110 Å². The molecule has 5 heterocycles. The molecule has 0 aliphatic carbocycles. The highest BCUT2D eigenvalue weighted by molar-refractivity contribution is 5.98. The Hall–Kier alpha value is -3.85. The highest BCUT2D eigenvalue weighted by atomic mass is 16.8. The maximum atomic E-state index is 14.6. The number of amides is 2. The molecule has 0 saturated carbocycles. The molecule has 5 aliphatic rings. The van der Waals surface area contributed by atoms with Crippen molar-refractivity contribution >= 4 is 28.6 Å². The average Bonchev–Trinajstić information content (AvgIpc) is 3.43. The fourth-order valence-corrected chi connectivity index (χ4v) is 10.1. The fraction of sp³-hybridized carbons (Fsp3) is 0.729. The highest BCUT2D eigenvalue weighted by Gasteiger charge is 2.61. The Kier molecular flexibility index (Phi) is 20.9. The first-order chi connectivity index (χ1) is 37.0. The van der Waals surface area contributed by atoms with Crippen LogP contribution in [0.5, 0.6) is 0 Å². The van der Waals surface area contributed by atoms with Gasteiger partial charge < -0.3 is 135 Å². The van der Waals surface area contributed by atoms with Gasteiger partial charge in [0.2, 0.25) is 5.91 Å². The lowest BCUT2D eigenvalue weighted by Crippen LogP contribution is -2.72. The molecule has 26 atom stereocenters. The number of carboxylic acids is 1. The van der Waals surface area contributed by atoms with E-state index in [-0.39, 0.29) is 12.2 Å². The summed E-state index contributed by atoms with van der Waals surface area (Å²) in [6.45, 7) is -0.397. The van der Waals surface area contributed by atoms with E-state index in [0.717, 1.165) is 12.3 Å². The molecule has 5 saturated heterocycles. The van der Waals surface area contributed by atoms with Gasteiger partial charge in [0.15, 0.2) is 25.2 Å². The summed E-state index contributed by atoms with van der Waals surface area (Å²) in [5.41, 5.74) is -0.00538. The zero-order chi connectivity index (χ0) is 57.1. The standard InChI is InChI=1S/C48H70N2O28/c1-4-69-44-35(64)40(31(60)24(14-52)71-44)76-43-28(50-42(66)21-10-9-19-7-5-6-8-20(19)11-21)39(75-45-34(63)33(62)29(58)17(2)70-45)37(26(16-54)73-43)74-46-36(65)41(32(61)25(15-53)72-46)78-48(47(67)68)12-22(56)27(49-18(3)55)38(77-48)30(59)23(57)13-51/h5-11,17,22-41,43-46,51-54,56-65H,4,12-16H2,1-3H3,(H,49,55)(H,50,66)(H,67,68)/t17-,22-,23+,24+,25+,26+,27+,28+,29+,30-,31-,32-,33+,34-,35+,36+,37+,38-,39+,40-,41-,43-,44+,45-,46?,48-/m0/s1. The van der Waals surface area contributed by atoms with Crippen molar-refractivity contribution < 1.29 is 138 Å². The molecule has 2 amide bonds. The number of aliphatic hydroxyl groups is 14. The Labute approximate surface area is 444 Å². The van der Waals surface area contributed by atoms with E-state index in [0.29, 0.717) is 5.39 Å². The molecule has 7 rings (SSSR count). The van der Waals surface area contributed by atoms with E-state index in [1.54, 1.807) is 37.3 Å². The number of carbonyl (C=O) groups is 3. The zero-order valence-electron chi connectivity index (χ0n) is 42.2. The van der Waals surface area contributed by atoms with Gasteiger partial charge in [0.05, 0.1) is 44.7 Å². The van der Waals surface area contributed by atoms with E-state index in [1.807, 2.05) is 0 Å². The topological polar surface area (TPSA) is 471 Å². The molecule has 2 aromatic rings. The summed E-state index contributed by atoms with van der Waals surface area (Å²) in [6, 6.07) is 7.98. The van der Waals surface area contributed by atoms with Gasteiger partial charge in [0.25, 0.3) is 11.7 Å². The van der Waals surface area contributed by atoms with Gasteiger partial charge in [-0.2, -0.15) is 0 Å².